The van der Waals surface area contributed by atoms with E-state index < -0.39 is 5.91 Å². The Morgan fingerprint density at radius 2 is 2.00 bits per heavy atom. The fraction of sp³-hybridized carbons (Fsp3) is 0.458. The van der Waals surface area contributed by atoms with Crippen LogP contribution in [0.1, 0.15) is 66.8 Å². The van der Waals surface area contributed by atoms with Crippen LogP contribution >= 0.6 is 0 Å². The summed E-state index contributed by atoms with van der Waals surface area (Å²) in [4.78, 5) is 43.3. The second-order valence-electron chi connectivity index (χ2n) is 8.16. The summed E-state index contributed by atoms with van der Waals surface area (Å²) in [5.41, 5.74) is 1.37. The van der Waals surface area contributed by atoms with E-state index in [2.05, 4.69) is 49.2 Å². The summed E-state index contributed by atoms with van der Waals surface area (Å²) in [6, 6.07) is 0. The molecule has 0 saturated carbocycles. The van der Waals surface area contributed by atoms with E-state index in [0.29, 0.717) is 30.4 Å². The zero-order chi connectivity index (χ0) is 25.1. The predicted molar refractivity (Wildman–Crippen MR) is 135 cm³/mol. The summed E-state index contributed by atoms with van der Waals surface area (Å²) in [6.07, 6.45) is 9.98. The quantitative estimate of drug-likeness (QED) is 0.365. The molecular weight excluding hydrogens is 432 g/mol. The van der Waals surface area contributed by atoms with Crippen LogP contribution in [0.3, 0.4) is 0 Å². The average Bonchev–Trinajstić information content (AvgIpc) is 3.17. The number of hydrogen-bond acceptors (Lipinski definition) is 7. The number of carbonyl (C=O) groups is 2. The summed E-state index contributed by atoms with van der Waals surface area (Å²) in [6.45, 7) is 10.7. The van der Waals surface area contributed by atoms with Gasteiger partial charge in [-0.3, -0.25) is 19.3 Å². The maximum atomic E-state index is 13.2. The molecule has 10 nitrogen and oxygen atoms in total. The second-order valence-corrected chi connectivity index (χ2v) is 8.16. The number of carbonyl (C=O) groups excluding carboxylic acids is 2. The Morgan fingerprint density at radius 3 is 2.65 bits per heavy atom. The molecule has 10 heteroatoms. The zero-order valence-corrected chi connectivity index (χ0v) is 20.6. The van der Waals surface area contributed by atoms with Gasteiger partial charge >= 0.3 is 0 Å². The van der Waals surface area contributed by atoms with Crippen molar-refractivity contribution in [3.63, 3.8) is 0 Å². The van der Waals surface area contributed by atoms with Gasteiger partial charge in [-0.2, -0.15) is 5.10 Å². The molecule has 0 atom stereocenters. The number of unbranched alkanes of at least 4 members (excludes halogenated alkanes) is 2. The molecule has 2 aromatic rings. The molecule has 0 aliphatic rings. The molecule has 2 heterocycles. The third kappa shape index (κ3) is 7.43. The van der Waals surface area contributed by atoms with Crippen molar-refractivity contribution in [1.82, 2.24) is 25.1 Å². The van der Waals surface area contributed by atoms with Crippen LogP contribution in [-0.4, -0.2) is 57.1 Å². The number of allylic oxidation sites excluding steroid dienone is 1. The average molecular weight is 467 g/mol. The van der Waals surface area contributed by atoms with E-state index in [0.717, 1.165) is 19.3 Å². The van der Waals surface area contributed by atoms with Crippen molar-refractivity contribution in [1.29, 1.82) is 0 Å². The number of aromatic nitrogens is 4. The first-order chi connectivity index (χ1) is 16.3. The van der Waals surface area contributed by atoms with Gasteiger partial charge in [-0.05, 0) is 18.4 Å². The van der Waals surface area contributed by atoms with E-state index in [4.69, 9.17) is 0 Å². The van der Waals surface area contributed by atoms with Gasteiger partial charge in [0.2, 0.25) is 0 Å². The monoisotopic (exact) mass is 466 g/mol. The molecule has 2 rings (SSSR count). The Hall–Kier alpha value is -3.69. The van der Waals surface area contributed by atoms with Gasteiger partial charge in [-0.25, -0.2) is 15.0 Å². The summed E-state index contributed by atoms with van der Waals surface area (Å²) in [5.74, 6) is -0.0508. The van der Waals surface area contributed by atoms with Crippen LogP contribution < -0.4 is 10.6 Å². The minimum absolute atomic E-state index is 0.0936. The third-order valence-electron chi connectivity index (χ3n) is 4.83. The molecule has 0 unspecified atom stereocenters. The maximum Gasteiger partial charge on any atom is 0.276 e. The summed E-state index contributed by atoms with van der Waals surface area (Å²) in [5, 5.41) is 9.36. The number of rotatable bonds is 12. The Balaban J connectivity index is 2.41. The lowest BCUT2D eigenvalue weighted by atomic mass is 10.1. The molecule has 0 radical (unpaired) electrons. The summed E-state index contributed by atoms with van der Waals surface area (Å²) < 4.78 is 1.39. The highest BCUT2D eigenvalue weighted by atomic mass is 16.2. The number of aliphatic imine (C=N–C) groups is 2. The molecule has 0 aromatic carbocycles. The molecule has 0 bridgehead atoms. The molecule has 0 aliphatic carbocycles. The maximum absolute atomic E-state index is 13.2. The van der Waals surface area contributed by atoms with Gasteiger partial charge in [0.05, 0.1) is 23.8 Å². The van der Waals surface area contributed by atoms with E-state index in [1.54, 1.807) is 19.3 Å². The van der Waals surface area contributed by atoms with Crippen LogP contribution in [0.4, 0.5) is 11.4 Å². The van der Waals surface area contributed by atoms with Crippen molar-refractivity contribution >= 4 is 35.1 Å². The van der Waals surface area contributed by atoms with Crippen LogP contribution in [-0.2, 0) is 13.5 Å². The number of nitrogens with zero attached hydrogens (tertiary/aromatic N) is 6. The predicted octanol–water partition coefficient (Wildman–Crippen LogP) is 3.54. The SMILES string of the molecule is C=CC(C=NCCCCC)=Nc1cnc(CC(C)C)nc1C(=O)Nc1cnn(C)c1C(=O)NC. The van der Waals surface area contributed by atoms with Crippen LogP contribution in [0.2, 0.25) is 0 Å². The Labute approximate surface area is 200 Å². The largest absolute Gasteiger partial charge is 0.354 e. The van der Waals surface area contributed by atoms with Crippen molar-refractivity contribution in [3.8, 4) is 0 Å². The molecule has 0 spiro atoms. The minimum Gasteiger partial charge on any atom is -0.354 e. The highest BCUT2D eigenvalue weighted by Crippen LogP contribution is 2.21. The fourth-order valence-corrected chi connectivity index (χ4v) is 3.10. The fourth-order valence-electron chi connectivity index (χ4n) is 3.10. The lowest BCUT2D eigenvalue weighted by molar-refractivity contribution is 0.0954. The van der Waals surface area contributed by atoms with Gasteiger partial charge in [-0.1, -0.05) is 40.2 Å². The van der Waals surface area contributed by atoms with Crippen molar-refractivity contribution in [2.24, 2.45) is 23.0 Å². The van der Waals surface area contributed by atoms with Crippen molar-refractivity contribution in [2.75, 3.05) is 18.9 Å². The highest BCUT2D eigenvalue weighted by molar-refractivity contribution is 6.36. The van der Waals surface area contributed by atoms with Crippen LogP contribution in [0, 0.1) is 5.92 Å². The molecule has 2 aromatic heterocycles. The smallest absolute Gasteiger partial charge is 0.276 e. The molecular formula is C24H34N8O2. The van der Waals surface area contributed by atoms with Crippen molar-refractivity contribution in [2.45, 2.75) is 46.5 Å². The van der Waals surface area contributed by atoms with Crippen molar-refractivity contribution in [3.05, 3.63) is 42.3 Å². The normalized spacial score (nSPS) is 11.8. The molecule has 0 fully saturated rings. The molecule has 0 saturated heterocycles. The van der Waals surface area contributed by atoms with E-state index >= 15 is 0 Å². The Bertz CT molecular complexity index is 1070. The van der Waals surface area contributed by atoms with Crippen LogP contribution in [0.5, 0.6) is 0 Å². The topological polar surface area (TPSA) is 127 Å². The zero-order valence-electron chi connectivity index (χ0n) is 20.6. The van der Waals surface area contributed by atoms with E-state index in [1.807, 2.05) is 13.8 Å². The summed E-state index contributed by atoms with van der Waals surface area (Å²) in [7, 11) is 3.13. The lowest BCUT2D eigenvalue weighted by Crippen LogP contribution is -2.24. The first-order valence-electron chi connectivity index (χ1n) is 11.4. The number of aryl methyl sites for hydroxylation is 1. The molecule has 182 valence electrons. The molecule has 34 heavy (non-hydrogen) atoms. The van der Waals surface area contributed by atoms with Gasteiger partial charge in [0.15, 0.2) is 5.69 Å². The van der Waals surface area contributed by atoms with Gasteiger partial charge in [0.25, 0.3) is 11.8 Å². The van der Waals surface area contributed by atoms with Gasteiger partial charge in [0.1, 0.15) is 17.2 Å². The van der Waals surface area contributed by atoms with Gasteiger partial charge in [-0.15, -0.1) is 0 Å². The highest BCUT2D eigenvalue weighted by Gasteiger charge is 2.21. The first-order valence-corrected chi connectivity index (χ1v) is 11.4. The van der Waals surface area contributed by atoms with Crippen LogP contribution in [0.15, 0.2) is 35.0 Å². The van der Waals surface area contributed by atoms with E-state index in [-0.39, 0.29) is 28.7 Å². The van der Waals surface area contributed by atoms with Crippen LogP contribution in [0.25, 0.3) is 0 Å². The molecule has 2 amide bonds. The third-order valence-corrected chi connectivity index (χ3v) is 4.83. The standard InChI is InChI=1S/C24H34N8O2/c1-7-9-10-11-26-13-17(8-2)29-18-14-27-20(12-16(3)4)31-21(18)23(33)30-19-15-28-32(6)22(19)24(34)25-5/h8,13-16H,2,7,9-12H2,1,3-6H3,(H,25,34)(H,30,33). The Kier molecular flexibility index (Phi) is 10.3. The molecule has 2 N–H and O–H groups in total. The van der Waals surface area contributed by atoms with Gasteiger partial charge in [0, 0.05) is 33.3 Å². The number of amides is 2. The second kappa shape index (κ2) is 13.1. The Morgan fingerprint density at radius 1 is 1.24 bits per heavy atom. The first kappa shape index (κ1) is 26.6. The van der Waals surface area contributed by atoms with E-state index in [1.165, 1.54) is 24.1 Å². The van der Waals surface area contributed by atoms with Crippen molar-refractivity contribution < 1.29 is 9.59 Å². The number of anilines is 1. The van der Waals surface area contributed by atoms with Gasteiger partial charge < -0.3 is 10.6 Å². The van der Waals surface area contributed by atoms with E-state index in [9.17, 15) is 9.59 Å². The lowest BCUT2D eigenvalue weighted by Gasteiger charge is -2.10. The molecule has 0 aliphatic heterocycles. The number of nitrogens with one attached hydrogen (secondary N) is 2. The minimum atomic E-state index is -0.521. The number of hydrogen-bond donors (Lipinski definition) is 2. The summed E-state index contributed by atoms with van der Waals surface area (Å²) >= 11 is 0.